The molecule has 0 aliphatic heterocycles. The van der Waals surface area contributed by atoms with Crippen LogP contribution in [0.15, 0.2) is 29.2 Å². The maximum Gasteiger partial charge on any atom is 0.303 e. The monoisotopic (exact) mass is 368 g/mol. The Labute approximate surface area is 147 Å². The number of aliphatic carboxylic acids is 1. The lowest BCUT2D eigenvalue weighted by atomic mass is 9.98. The molecule has 25 heavy (non-hydrogen) atoms. The molecular formula is C17H24N2O5S. The van der Waals surface area contributed by atoms with E-state index < -0.39 is 27.4 Å². The number of hydrogen-bond donors (Lipinski definition) is 3. The predicted octanol–water partition coefficient (Wildman–Crippen LogP) is 1.75. The SMILES string of the molecule is CC(C)(CCC(=O)O)NC(=O)c1cccc(S(=O)(=O)NCC2CC2)c1. The van der Waals surface area contributed by atoms with Crippen LogP contribution in [0.5, 0.6) is 0 Å². The second-order valence-corrected chi connectivity index (χ2v) is 8.82. The maximum absolute atomic E-state index is 12.4. The summed E-state index contributed by atoms with van der Waals surface area (Å²) in [4.78, 5) is 23.1. The van der Waals surface area contributed by atoms with Gasteiger partial charge < -0.3 is 10.4 Å². The number of carboxylic acid groups (broad SMARTS) is 1. The van der Waals surface area contributed by atoms with E-state index in [9.17, 15) is 18.0 Å². The van der Waals surface area contributed by atoms with E-state index in [-0.39, 0.29) is 23.3 Å². The fourth-order valence-corrected chi connectivity index (χ4v) is 3.46. The van der Waals surface area contributed by atoms with Gasteiger partial charge in [0, 0.05) is 24.1 Å². The van der Waals surface area contributed by atoms with E-state index in [0.717, 1.165) is 12.8 Å². The second-order valence-electron chi connectivity index (χ2n) is 7.05. The zero-order valence-corrected chi connectivity index (χ0v) is 15.2. The molecule has 0 bridgehead atoms. The van der Waals surface area contributed by atoms with Crippen LogP contribution in [-0.2, 0) is 14.8 Å². The van der Waals surface area contributed by atoms with Crippen molar-refractivity contribution < 1.29 is 23.1 Å². The van der Waals surface area contributed by atoms with Crippen LogP contribution in [0.2, 0.25) is 0 Å². The number of carbonyl (C=O) groups is 2. The van der Waals surface area contributed by atoms with E-state index >= 15 is 0 Å². The number of carbonyl (C=O) groups excluding carboxylic acids is 1. The van der Waals surface area contributed by atoms with E-state index in [4.69, 9.17) is 5.11 Å². The first kappa shape index (κ1) is 19.4. The van der Waals surface area contributed by atoms with Gasteiger partial charge in [0.05, 0.1) is 4.90 Å². The van der Waals surface area contributed by atoms with E-state index in [1.165, 1.54) is 24.3 Å². The molecule has 8 heteroatoms. The molecule has 0 saturated heterocycles. The van der Waals surface area contributed by atoms with Gasteiger partial charge in [-0.3, -0.25) is 9.59 Å². The van der Waals surface area contributed by atoms with Crippen molar-refractivity contribution in [3.63, 3.8) is 0 Å². The standard InChI is InChI=1S/C17H24N2O5S/c1-17(2,9-8-15(20)21)19-16(22)13-4-3-5-14(10-13)25(23,24)18-11-12-6-7-12/h3-5,10,12,18H,6-9,11H2,1-2H3,(H,19,22)(H,20,21). The van der Waals surface area contributed by atoms with Crippen molar-refractivity contribution in [1.29, 1.82) is 0 Å². The van der Waals surface area contributed by atoms with Crippen molar-refractivity contribution in [2.75, 3.05) is 6.54 Å². The van der Waals surface area contributed by atoms with Gasteiger partial charge in [-0.1, -0.05) is 6.07 Å². The van der Waals surface area contributed by atoms with Gasteiger partial charge in [0.25, 0.3) is 5.91 Å². The van der Waals surface area contributed by atoms with Crippen LogP contribution in [-0.4, -0.2) is 37.5 Å². The van der Waals surface area contributed by atoms with Gasteiger partial charge in [0.1, 0.15) is 0 Å². The zero-order valence-electron chi connectivity index (χ0n) is 14.4. The Bertz CT molecular complexity index is 754. The van der Waals surface area contributed by atoms with E-state index in [2.05, 4.69) is 10.0 Å². The highest BCUT2D eigenvalue weighted by molar-refractivity contribution is 7.89. The normalized spacial score (nSPS) is 15.0. The fraction of sp³-hybridized carbons (Fsp3) is 0.529. The second kappa shape index (κ2) is 7.53. The fourth-order valence-electron chi connectivity index (χ4n) is 2.30. The molecule has 0 atom stereocenters. The summed E-state index contributed by atoms with van der Waals surface area (Å²) in [5.74, 6) is -0.955. The Balaban J connectivity index is 2.06. The number of rotatable bonds is 9. The lowest BCUT2D eigenvalue weighted by Crippen LogP contribution is -2.43. The van der Waals surface area contributed by atoms with Gasteiger partial charge in [-0.2, -0.15) is 0 Å². The summed E-state index contributed by atoms with van der Waals surface area (Å²) in [6.45, 7) is 3.87. The molecule has 0 spiro atoms. The van der Waals surface area contributed by atoms with Gasteiger partial charge in [-0.25, -0.2) is 13.1 Å². The van der Waals surface area contributed by atoms with E-state index in [1.54, 1.807) is 13.8 Å². The van der Waals surface area contributed by atoms with Gasteiger partial charge in [-0.15, -0.1) is 0 Å². The molecule has 1 saturated carbocycles. The summed E-state index contributed by atoms with van der Waals surface area (Å²) >= 11 is 0. The van der Waals surface area contributed by atoms with E-state index in [1.807, 2.05) is 0 Å². The van der Waals surface area contributed by atoms with Crippen molar-refractivity contribution in [3.8, 4) is 0 Å². The molecule has 0 radical (unpaired) electrons. The van der Waals surface area contributed by atoms with Crippen LogP contribution in [0.1, 0.15) is 49.9 Å². The number of benzene rings is 1. The lowest BCUT2D eigenvalue weighted by molar-refractivity contribution is -0.137. The van der Waals surface area contributed by atoms with Crippen molar-refractivity contribution in [1.82, 2.24) is 10.0 Å². The van der Waals surface area contributed by atoms with Crippen LogP contribution in [0, 0.1) is 5.92 Å². The Morgan fingerprint density at radius 2 is 1.96 bits per heavy atom. The minimum atomic E-state index is -3.64. The van der Waals surface area contributed by atoms with Crippen molar-refractivity contribution in [2.45, 2.75) is 50.0 Å². The number of sulfonamides is 1. The van der Waals surface area contributed by atoms with Crippen LogP contribution >= 0.6 is 0 Å². The predicted molar refractivity (Wildman–Crippen MR) is 92.8 cm³/mol. The quantitative estimate of drug-likeness (QED) is 0.615. The molecule has 2 rings (SSSR count). The first-order valence-electron chi connectivity index (χ1n) is 8.23. The van der Waals surface area contributed by atoms with Crippen LogP contribution < -0.4 is 10.0 Å². The summed E-state index contributed by atoms with van der Waals surface area (Å²) in [5, 5.41) is 11.5. The summed E-state index contributed by atoms with van der Waals surface area (Å²) in [6, 6.07) is 5.83. The van der Waals surface area contributed by atoms with Gasteiger partial charge in [0.2, 0.25) is 10.0 Å². The molecule has 138 valence electrons. The third-order valence-corrected chi connectivity index (χ3v) is 5.50. The molecule has 1 aliphatic rings. The molecule has 0 heterocycles. The Morgan fingerprint density at radius 1 is 1.28 bits per heavy atom. The van der Waals surface area contributed by atoms with Crippen LogP contribution in [0.25, 0.3) is 0 Å². The van der Waals surface area contributed by atoms with Gasteiger partial charge in [0.15, 0.2) is 0 Å². The zero-order chi connectivity index (χ0) is 18.7. The highest BCUT2D eigenvalue weighted by Crippen LogP contribution is 2.28. The molecule has 0 unspecified atom stereocenters. The average molecular weight is 368 g/mol. The molecule has 3 N–H and O–H groups in total. The van der Waals surface area contributed by atoms with Gasteiger partial charge in [-0.05, 0) is 57.2 Å². The topological polar surface area (TPSA) is 113 Å². The van der Waals surface area contributed by atoms with Crippen molar-refractivity contribution in [2.24, 2.45) is 5.92 Å². The Morgan fingerprint density at radius 3 is 2.56 bits per heavy atom. The van der Waals surface area contributed by atoms with Crippen LogP contribution in [0.3, 0.4) is 0 Å². The maximum atomic E-state index is 12.4. The number of nitrogens with one attached hydrogen (secondary N) is 2. The highest BCUT2D eigenvalue weighted by atomic mass is 32.2. The summed E-state index contributed by atoms with van der Waals surface area (Å²) in [5.41, 5.74) is -0.494. The van der Waals surface area contributed by atoms with E-state index in [0.29, 0.717) is 12.5 Å². The summed E-state index contributed by atoms with van der Waals surface area (Å²) in [6.07, 6.45) is 2.29. The summed E-state index contributed by atoms with van der Waals surface area (Å²) in [7, 11) is -3.64. The number of amides is 1. The third kappa shape index (κ3) is 6.13. The highest BCUT2D eigenvalue weighted by Gasteiger charge is 2.26. The van der Waals surface area contributed by atoms with Crippen molar-refractivity contribution in [3.05, 3.63) is 29.8 Å². The first-order chi connectivity index (χ1) is 11.6. The molecule has 1 fully saturated rings. The molecule has 1 aromatic carbocycles. The van der Waals surface area contributed by atoms with Crippen LogP contribution in [0.4, 0.5) is 0 Å². The molecule has 0 aromatic heterocycles. The largest absolute Gasteiger partial charge is 0.481 e. The third-order valence-electron chi connectivity index (χ3n) is 4.08. The smallest absolute Gasteiger partial charge is 0.303 e. The molecule has 1 aromatic rings. The minimum Gasteiger partial charge on any atom is -0.481 e. The number of hydrogen-bond acceptors (Lipinski definition) is 4. The Kier molecular flexibility index (Phi) is 5.84. The molecule has 1 aliphatic carbocycles. The first-order valence-corrected chi connectivity index (χ1v) is 9.71. The molecular weight excluding hydrogens is 344 g/mol. The average Bonchev–Trinajstić information content (AvgIpc) is 3.35. The molecule has 7 nitrogen and oxygen atoms in total. The summed E-state index contributed by atoms with van der Waals surface area (Å²) < 4.78 is 27.1. The van der Waals surface area contributed by atoms with Crippen molar-refractivity contribution >= 4 is 21.9 Å². The lowest BCUT2D eigenvalue weighted by Gasteiger charge is -2.25. The van der Waals surface area contributed by atoms with Gasteiger partial charge >= 0.3 is 5.97 Å². The Hall–Kier alpha value is -1.93. The number of carboxylic acids is 1. The molecule has 1 amide bonds. The minimum absolute atomic E-state index is 0.0455.